The maximum Gasteiger partial charge on any atom is 0.146 e. The van der Waals surface area contributed by atoms with E-state index < -0.39 is 0 Å². The van der Waals surface area contributed by atoms with Gasteiger partial charge >= 0.3 is 0 Å². The van der Waals surface area contributed by atoms with Crippen LogP contribution in [0.15, 0.2) is 23.6 Å². The SMILES string of the molecule is COc1ccc(C(N)c2csc(I)c2)c(OC)c1Cl. The Bertz CT molecular complexity index is 588. The molecule has 1 aromatic carbocycles. The summed E-state index contributed by atoms with van der Waals surface area (Å²) in [7, 11) is 3.15. The number of hydrogen-bond donors (Lipinski definition) is 1. The highest BCUT2D eigenvalue weighted by Gasteiger charge is 2.20. The van der Waals surface area contributed by atoms with Crippen LogP contribution in [0.4, 0.5) is 0 Å². The molecule has 1 atom stereocenters. The van der Waals surface area contributed by atoms with Crippen molar-refractivity contribution in [3.63, 3.8) is 0 Å². The second-order valence-corrected chi connectivity index (χ2v) is 7.05. The van der Waals surface area contributed by atoms with E-state index in [1.54, 1.807) is 31.6 Å². The first kappa shape index (κ1) is 14.9. The van der Waals surface area contributed by atoms with E-state index in [0.717, 1.165) is 11.1 Å². The van der Waals surface area contributed by atoms with Gasteiger partial charge in [0.05, 0.1) is 23.1 Å². The molecule has 0 aliphatic carbocycles. The summed E-state index contributed by atoms with van der Waals surface area (Å²) in [5.74, 6) is 1.14. The number of benzene rings is 1. The highest BCUT2D eigenvalue weighted by Crippen LogP contribution is 2.40. The Morgan fingerprint density at radius 2 is 2.05 bits per heavy atom. The highest BCUT2D eigenvalue weighted by atomic mass is 127. The summed E-state index contributed by atoms with van der Waals surface area (Å²) in [6, 6.07) is 5.49. The van der Waals surface area contributed by atoms with Gasteiger partial charge < -0.3 is 15.2 Å². The molecule has 3 nitrogen and oxygen atoms in total. The van der Waals surface area contributed by atoms with E-state index >= 15 is 0 Å². The van der Waals surface area contributed by atoms with Crippen LogP contribution in [0.2, 0.25) is 5.02 Å². The fourth-order valence-corrected chi connectivity index (χ4v) is 3.56. The summed E-state index contributed by atoms with van der Waals surface area (Å²) in [5.41, 5.74) is 8.19. The van der Waals surface area contributed by atoms with Crippen LogP contribution >= 0.6 is 45.5 Å². The first-order chi connectivity index (χ1) is 9.08. The Morgan fingerprint density at radius 1 is 1.32 bits per heavy atom. The van der Waals surface area contributed by atoms with Crippen molar-refractivity contribution in [2.24, 2.45) is 5.73 Å². The number of methoxy groups -OCH3 is 2. The van der Waals surface area contributed by atoms with Gasteiger partial charge in [-0.3, -0.25) is 0 Å². The second kappa shape index (κ2) is 6.30. The third kappa shape index (κ3) is 2.99. The maximum absolute atomic E-state index is 6.29. The Balaban J connectivity index is 2.47. The zero-order valence-corrected chi connectivity index (χ0v) is 14.2. The lowest BCUT2D eigenvalue weighted by Crippen LogP contribution is -2.12. The van der Waals surface area contributed by atoms with Gasteiger partial charge in [-0.1, -0.05) is 11.6 Å². The summed E-state index contributed by atoms with van der Waals surface area (Å²) >= 11 is 10.2. The van der Waals surface area contributed by atoms with Crippen LogP contribution in [-0.2, 0) is 0 Å². The van der Waals surface area contributed by atoms with Gasteiger partial charge in [0.15, 0.2) is 0 Å². The second-order valence-electron chi connectivity index (χ2n) is 3.87. The molecule has 0 aliphatic heterocycles. The summed E-state index contributed by atoms with van der Waals surface area (Å²) < 4.78 is 11.8. The van der Waals surface area contributed by atoms with E-state index in [9.17, 15) is 0 Å². The predicted molar refractivity (Wildman–Crippen MR) is 87.6 cm³/mol. The van der Waals surface area contributed by atoms with Crippen LogP contribution in [-0.4, -0.2) is 14.2 Å². The molecule has 6 heteroatoms. The van der Waals surface area contributed by atoms with Gasteiger partial charge in [0.1, 0.15) is 16.5 Å². The molecule has 0 spiro atoms. The molecule has 0 amide bonds. The molecule has 0 bridgehead atoms. The normalized spacial score (nSPS) is 12.3. The Kier molecular flexibility index (Phi) is 4.94. The molecular weight excluding hydrogens is 397 g/mol. The van der Waals surface area contributed by atoms with Crippen LogP contribution in [0.5, 0.6) is 11.5 Å². The molecule has 2 aromatic rings. The van der Waals surface area contributed by atoms with Gasteiger partial charge in [-0.25, -0.2) is 0 Å². The quantitative estimate of drug-likeness (QED) is 0.774. The fraction of sp³-hybridized carbons (Fsp3) is 0.231. The highest BCUT2D eigenvalue weighted by molar-refractivity contribution is 14.1. The third-order valence-corrected chi connectivity index (χ3v) is 4.96. The minimum absolute atomic E-state index is 0.266. The molecule has 2 N–H and O–H groups in total. The Morgan fingerprint density at radius 3 is 2.58 bits per heavy atom. The molecule has 2 rings (SSSR count). The van der Waals surface area contributed by atoms with E-state index in [1.165, 1.54) is 2.88 Å². The molecule has 102 valence electrons. The predicted octanol–water partition coefficient (Wildman–Crippen LogP) is 4.07. The van der Waals surface area contributed by atoms with Crippen molar-refractivity contribution >= 4 is 45.5 Å². The number of ether oxygens (including phenoxy) is 2. The van der Waals surface area contributed by atoms with E-state index in [4.69, 9.17) is 26.8 Å². The molecular formula is C13H13ClINO2S. The first-order valence-corrected chi connectivity index (χ1v) is 7.82. The largest absolute Gasteiger partial charge is 0.495 e. The zero-order chi connectivity index (χ0) is 14.0. The summed E-state index contributed by atoms with van der Waals surface area (Å²) in [6.07, 6.45) is 0. The molecule has 1 unspecified atom stereocenters. The van der Waals surface area contributed by atoms with Crippen molar-refractivity contribution in [2.75, 3.05) is 14.2 Å². The van der Waals surface area contributed by atoms with Gasteiger partial charge in [-0.2, -0.15) is 0 Å². The van der Waals surface area contributed by atoms with Crippen molar-refractivity contribution in [2.45, 2.75) is 6.04 Å². The maximum atomic E-state index is 6.29. The molecule has 0 aliphatic rings. The Hall–Kier alpha value is -0.500. The average Bonchev–Trinajstić information content (AvgIpc) is 2.84. The average molecular weight is 410 g/mol. The van der Waals surface area contributed by atoms with Crippen LogP contribution in [0.3, 0.4) is 0 Å². The molecule has 19 heavy (non-hydrogen) atoms. The van der Waals surface area contributed by atoms with Crippen LogP contribution in [0, 0.1) is 2.88 Å². The van der Waals surface area contributed by atoms with Crippen LogP contribution < -0.4 is 15.2 Å². The molecule has 0 fully saturated rings. The number of halogens is 2. The van der Waals surface area contributed by atoms with Gasteiger partial charge in [0.25, 0.3) is 0 Å². The smallest absolute Gasteiger partial charge is 0.146 e. The summed E-state index contributed by atoms with van der Waals surface area (Å²) in [4.78, 5) is 0. The molecule has 1 aromatic heterocycles. The third-order valence-electron chi connectivity index (χ3n) is 2.80. The summed E-state index contributed by atoms with van der Waals surface area (Å²) in [5, 5.41) is 2.49. The van der Waals surface area contributed by atoms with Crippen molar-refractivity contribution in [1.82, 2.24) is 0 Å². The zero-order valence-electron chi connectivity index (χ0n) is 10.4. The van der Waals surface area contributed by atoms with Crippen LogP contribution in [0.1, 0.15) is 17.2 Å². The van der Waals surface area contributed by atoms with Crippen molar-refractivity contribution in [3.05, 3.63) is 42.6 Å². The molecule has 0 radical (unpaired) electrons. The monoisotopic (exact) mass is 409 g/mol. The minimum Gasteiger partial charge on any atom is -0.495 e. The summed E-state index contributed by atoms with van der Waals surface area (Å²) in [6.45, 7) is 0. The van der Waals surface area contributed by atoms with E-state index in [0.29, 0.717) is 16.5 Å². The fourth-order valence-electron chi connectivity index (χ4n) is 1.83. The van der Waals surface area contributed by atoms with E-state index in [2.05, 4.69) is 28.7 Å². The van der Waals surface area contributed by atoms with Gasteiger partial charge in [-0.05, 0) is 51.7 Å². The van der Waals surface area contributed by atoms with Gasteiger partial charge in [0, 0.05) is 5.56 Å². The first-order valence-electron chi connectivity index (χ1n) is 5.48. The van der Waals surface area contributed by atoms with Crippen molar-refractivity contribution < 1.29 is 9.47 Å². The van der Waals surface area contributed by atoms with Gasteiger partial charge in [0.2, 0.25) is 0 Å². The number of rotatable bonds is 4. The van der Waals surface area contributed by atoms with E-state index in [1.807, 2.05) is 11.4 Å². The number of hydrogen-bond acceptors (Lipinski definition) is 4. The standard InChI is InChI=1S/C13H13ClINO2S/c1-17-9-4-3-8(13(18-2)11(9)14)12(16)7-5-10(15)19-6-7/h3-6,12H,16H2,1-2H3. The lowest BCUT2D eigenvalue weighted by Gasteiger charge is -2.17. The molecule has 0 saturated heterocycles. The number of nitrogens with two attached hydrogens (primary N) is 1. The minimum atomic E-state index is -0.266. The van der Waals surface area contributed by atoms with Gasteiger partial charge in [-0.15, -0.1) is 11.3 Å². The Labute approximate surface area is 134 Å². The topological polar surface area (TPSA) is 44.5 Å². The lowest BCUT2D eigenvalue weighted by molar-refractivity contribution is 0.390. The van der Waals surface area contributed by atoms with Crippen molar-refractivity contribution in [3.8, 4) is 11.5 Å². The molecule has 1 heterocycles. The lowest BCUT2D eigenvalue weighted by atomic mass is 10.0. The van der Waals surface area contributed by atoms with E-state index in [-0.39, 0.29) is 6.04 Å². The van der Waals surface area contributed by atoms with Crippen LogP contribution in [0.25, 0.3) is 0 Å². The number of thiophene rings is 1. The molecule has 0 saturated carbocycles. The van der Waals surface area contributed by atoms with Crippen molar-refractivity contribution in [1.29, 1.82) is 0 Å².